The molecule has 0 atom stereocenters. The molecule has 1 aromatic carbocycles. The molecule has 0 aliphatic carbocycles. The van der Waals surface area contributed by atoms with E-state index in [9.17, 15) is 0 Å². The first-order valence-electron chi connectivity index (χ1n) is 13.2. The maximum absolute atomic E-state index is 2.40. The molecule has 0 amide bonds. The molecule has 0 bridgehead atoms. The highest BCUT2D eigenvalue weighted by Gasteiger charge is 2.18. The van der Waals surface area contributed by atoms with Crippen LogP contribution in [-0.2, 0) is 6.42 Å². The SMILES string of the molecule is CCc1ccc(-c2cc(-c3ccc(C)s3)sc2-c2ccc(-c3ccc(-c4ccc(-c5ccc(C)s5)s4)s3)s2)cc1. The lowest BCUT2D eigenvalue weighted by molar-refractivity contribution is 1.14. The molecule has 0 saturated heterocycles. The van der Waals surface area contributed by atoms with E-state index in [0.29, 0.717) is 0 Å². The fourth-order valence-electron chi connectivity index (χ4n) is 4.76. The Morgan fingerprint density at radius 1 is 0.425 bits per heavy atom. The molecule has 0 aliphatic rings. The van der Waals surface area contributed by atoms with E-state index in [-0.39, 0.29) is 0 Å². The molecule has 0 fully saturated rings. The predicted molar refractivity (Wildman–Crippen MR) is 185 cm³/mol. The summed E-state index contributed by atoms with van der Waals surface area (Å²) in [5.41, 5.74) is 4.01. The van der Waals surface area contributed by atoms with Gasteiger partial charge in [0.1, 0.15) is 0 Å². The molecular formula is C34H26S6. The third-order valence-electron chi connectivity index (χ3n) is 6.90. The monoisotopic (exact) mass is 626 g/mol. The summed E-state index contributed by atoms with van der Waals surface area (Å²) in [5, 5.41) is 0. The average molecular weight is 627 g/mol. The minimum absolute atomic E-state index is 1.06. The average Bonchev–Trinajstić information content (AvgIpc) is 3.80. The van der Waals surface area contributed by atoms with Gasteiger partial charge in [-0.15, -0.1) is 68.0 Å². The van der Waals surface area contributed by atoms with Crippen LogP contribution in [0.4, 0.5) is 0 Å². The van der Waals surface area contributed by atoms with Crippen molar-refractivity contribution < 1.29 is 0 Å². The largest absolute Gasteiger partial charge is 0.140 e. The summed E-state index contributed by atoms with van der Waals surface area (Å²) in [6.07, 6.45) is 1.06. The molecule has 0 N–H and O–H groups in total. The lowest BCUT2D eigenvalue weighted by atomic mass is 10.0. The summed E-state index contributed by atoms with van der Waals surface area (Å²) in [4.78, 5) is 16.2. The van der Waals surface area contributed by atoms with Crippen LogP contribution in [0.1, 0.15) is 22.2 Å². The lowest BCUT2D eigenvalue weighted by Gasteiger charge is -2.04. The van der Waals surface area contributed by atoms with E-state index in [1.807, 2.05) is 68.0 Å². The van der Waals surface area contributed by atoms with Crippen molar-refractivity contribution in [1.29, 1.82) is 0 Å². The van der Waals surface area contributed by atoms with Crippen LogP contribution in [0.25, 0.3) is 59.9 Å². The van der Waals surface area contributed by atoms with Crippen LogP contribution in [0.3, 0.4) is 0 Å². The molecule has 7 rings (SSSR count). The van der Waals surface area contributed by atoms with E-state index in [2.05, 4.69) is 112 Å². The topological polar surface area (TPSA) is 0 Å². The van der Waals surface area contributed by atoms with Gasteiger partial charge in [-0.25, -0.2) is 0 Å². The van der Waals surface area contributed by atoms with Gasteiger partial charge in [-0.3, -0.25) is 0 Å². The molecule has 0 saturated carbocycles. The maximum Gasteiger partial charge on any atom is 0.0528 e. The number of benzene rings is 1. The smallest absolute Gasteiger partial charge is 0.0528 e. The summed E-state index contributed by atoms with van der Waals surface area (Å²) >= 11 is 11.4. The molecule has 0 nitrogen and oxygen atoms in total. The summed E-state index contributed by atoms with van der Waals surface area (Å²) < 4.78 is 0. The number of thiophene rings is 6. The second-order valence-electron chi connectivity index (χ2n) is 9.72. The Kier molecular flexibility index (Phi) is 7.25. The van der Waals surface area contributed by atoms with E-state index in [4.69, 9.17) is 0 Å². The van der Waals surface area contributed by atoms with Gasteiger partial charge in [0.2, 0.25) is 0 Å². The van der Waals surface area contributed by atoms with Gasteiger partial charge in [0.05, 0.1) is 4.88 Å². The van der Waals surface area contributed by atoms with Gasteiger partial charge >= 0.3 is 0 Å². The minimum atomic E-state index is 1.06. The Morgan fingerprint density at radius 3 is 1.32 bits per heavy atom. The Labute approximate surface area is 259 Å². The minimum Gasteiger partial charge on any atom is -0.140 e. The highest BCUT2D eigenvalue weighted by Crippen LogP contribution is 2.49. The van der Waals surface area contributed by atoms with Gasteiger partial charge < -0.3 is 0 Å². The number of hydrogen-bond acceptors (Lipinski definition) is 6. The van der Waals surface area contributed by atoms with Gasteiger partial charge in [0.15, 0.2) is 0 Å². The number of aryl methyl sites for hydroxylation is 3. The summed E-state index contributed by atoms with van der Waals surface area (Å²) in [7, 11) is 0. The van der Waals surface area contributed by atoms with E-state index < -0.39 is 0 Å². The van der Waals surface area contributed by atoms with Crippen LogP contribution in [0.2, 0.25) is 0 Å². The zero-order chi connectivity index (χ0) is 27.2. The van der Waals surface area contributed by atoms with E-state index >= 15 is 0 Å². The van der Waals surface area contributed by atoms with E-state index in [0.717, 1.165) is 6.42 Å². The van der Waals surface area contributed by atoms with Crippen molar-refractivity contribution in [3.8, 4) is 59.9 Å². The second kappa shape index (κ2) is 11.0. The molecule has 198 valence electrons. The molecule has 0 unspecified atom stereocenters. The lowest BCUT2D eigenvalue weighted by Crippen LogP contribution is -1.81. The molecular weight excluding hydrogens is 601 g/mol. The fraction of sp³-hybridized carbons (Fsp3) is 0.118. The first-order chi connectivity index (χ1) is 19.5. The van der Waals surface area contributed by atoms with Gasteiger partial charge in [-0.1, -0.05) is 31.2 Å². The molecule has 6 heterocycles. The fourth-order valence-corrected chi connectivity index (χ4v) is 11.2. The molecule has 0 spiro atoms. The van der Waals surface area contributed by atoms with Crippen molar-refractivity contribution in [3.05, 3.63) is 106 Å². The van der Waals surface area contributed by atoms with Crippen LogP contribution in [0.5, 0.6) is 0 Å². The summed E-state index contributed by atoms with van der Waals surface area (Å²) in [6.45, 7) is 6.58. The van der Waals surface area contributed by atoms with Crippen LogP contribution < -0.4 is 0 Å². The molecule has 6 heteroatoms. The van der Waals surface area contributed by atoms with Crippen molar-refractivity contribution >= 4 is 68.0 Å². The molecule has 7 aromatic rings. The first-order valence-corrected chi connectivity index (χ1v) is 18.1. The van der Waals surface area contributed by atoms with Crippen molar-refractivity contribution in [2.24, 2.45) is 0 Å². The van der Waals surface area contributed by atoms with E-state index in [1.165, 1.54) is 75.2 Å². The zero-order valence-corrected chi connectivity index (χ0v) is 27.2. The normalized spacial score (nSPS) is 11.5. The van der Waals surface area contributed by atoms with Gasteiger partial charge in [-0.05, 0) is 98.1 Å². The van der Waals surface area contributed by atoms with Crippen molar-refractivity contribution in [2.75, 3.05) is 0 Å². The first kappa shape index (κ1) is 26.3. The Hall–Kier alpha value is -2.58. The van der Waals surface area contributed by atoms with Crippen LogP contribution in [0.15, 0.2) is 91.0 Å². The molecule has 6 aromatic heterocycles. The summed E-state index contributed by atoms with van der Waals surface area (Å²) in [5.74, 6) is 0. The third kappa shape index (κ3) is 5.13. The van der Waals surface area contributed by atoms with Crippen LogP contribution in [-0.4, -0.2) is 0 Å². The zero-order valence-electron chi connectivity index (χ0n) is 22.3. The number of rotatable bonds is 7. The second-order valence-corrected chi connectivity index (χ2v) is 16.6. The highest BCUT2D eigenvalue weighted by atomic mass is 32.1. The Bertz CT molecular complexity index is 1910. The molecule has 0 aliphatic heterocycles. The maximum atomic E-state index is 2.40. The Morgan fingerprint density at radius 2 is 0.850 bits per heavy atom. The van der Waals surface area contributed by atoms with E-state index in [1.54, 1.807) is 0 Å². The molecule has 0 radical (unpaired) electrons. The predicted octanol–water partition coefficient (Wildman–Crippen LogP) is 13.2. The third-order valence-corrected chi connectivity index (χ3v) is 14.3. The highest BCUT2D eigenvalue weighted by molar-refractivity contribution is 7.30. The van der Waals surface area contributed by atoms with Crippen molar-refractivity contribution in [1.82, 2.24) is 0 Å². The van der Waals surface area contributed by atoms with Gasteiger partial charge in [0, 0.05) is 59.2 Å². The number of hydrogen-bond donors (Lipinski definition) is 0. The quantitative estimate of drug-likeness (QED) is 0.165. The van der Waals surface area contributed by atoms with Crippen LogP contribution in [0, 0.1) is 13.8 Å². The van der Waals surface area contributed by atoms with Gasteiger partial charge in [0.25, 0.3) is 0 Å². The molecule has 40 heavy (non-hydrogen) atoms. The standard InChI is InChI=1S/C34H26S6/c1-4-22-7-9-23(10-8-22)24-19-33(31-12-6-21(3)36-31)40-34(24)32-18-17-30(39-32)29-16-15-28(38-29)27-14-13-26(37-27)25-11-5-20(2)35-25/h5-19H,4H2,1-3H3. The van der Waals surface area contributed by atoms with Gasteiger partial charge in [-0.2, -0.15) is 0 Å². The summed E-state index contributed by atoms with van der Waals surface area (Å²) in [6, 6.07) is 34.2. The van der Waals surface area contributed by atoms with Crippen molar-refractivity contribution in [2.45, 2.75) is 27.2 Å². The van der Waals surface area contributed by atoms with Crippen LogP contribution >= 0.6 is 68.0 Å². The Balaban J connectivity index is 1.22. The van der Waals surface area contributed by atoms with Crippen molar-refractivity contribution in [3.63, 3.8) is 0 Å².